The lowest BCUT2D eigenvalue weighted by Crippen LogP contribution is -1.97. The van der Waals surface area contributed by atoms with Gasteiger partial charge in [0.15, 0.2) is 0 Å². The fourth-order valence-corrected chi connectivity index (χ4v) is 0.998. The van der Waals surface area contributed by atoms with E-state index in [1.54, 1.807) is 6.07 Å². The highest BCUT2D eigenvalue weighted by Crippen LogP contribution is 2.05. The standard InChI is InChI=1S/C10H15NO2/c1-2-3-4-5-6-7-9(8-11)10(12)13/h7H,2-6H2,1H3,(H,12,13). The number of allylic oxidation sites excluding steroid dienone is 1. The van der Waals surface area contributed by atoms with Gasteiger partial charge in [-0.2, -0.15) is 5.26 Å². The number of carbonyl (C=O) groups is 1. The van der Waals surface area contributed by atoms with Gasteiger partial charge >= 0.3 is 5.97 Å². The van der Waals surface area contributed by atoms with Gasteiger partial charge in [-0.25, -0.2) is 4.79 Å². The van der Waals surface area contributed by atoms with Gasteiger partial charge in [-0.1, -0.05) is 32.3 Å². The molecule has 0 atom stereocenters. The lowest BCUT2D eigenvalue weighted by Gasteiger charge is -1.94. The predicted molar refractivity (Wildman–Crippen MR) is 50.1 cm³/mol. The number of nitrogens with zero attached hydrogens (tertiary/aromatic N) is 1. The van der Waals surface area contributed by atoms with Crippen molar-refractivity contribution in [2.24, 2.45) is 0 Å². The number of hydrogen-bond acceptors (Lipinski definition) is 2. The lowest BCUT2D eigenvalue weighted by atomic mass is 10.1. The van der Waals surface area contributed by atoms with E-state index in [0.29, 0.717) is 6.42 Å². The summed E-state index contributed by atoms with van der Waals surface area (Å²) in [5.74, 6) is -1.13. The molecule has 1 N–H and O–H groups in total. The average molecular weight is 181 g/mol. The van der Waals surface area contributed by atoms with Crippen molar-refractivity contribution < 1.29 is 9.90 Å². The Morgan fingerprint density at radius 2 is 2.15 bits per heavy atom. The molecular weight excluding hydrogens is 166 g/mol. The summed E-state index contributed by atoms with van der Waals surface area (Å²) in [6, 6.07) is 1.65. The predicted octanol–water partition coefficient (Wildman–Crippen LogP) is 2.49. The van der Waals surface area contributed by atoms with Gasteiger partial charge in [0.25, 0.3) is 0 Å². The maximum Gasteiger partial charge on any atom is 0.346 e. The zero-order valence-corrected chi connectivity index (χ0v) is 7.92. The Labute approximate surface area is 78.7 Å². The molecule has 0 aliphatic rings. The first-order chi connectivity index (χ1) is 6.22. The number of rotatable bonds is 6. The molecule has 0 unspecified atom stereocenters. The van der Waals surface area contributed by atoms with Crippen LogP contribution in [0.1, 0.15) is 39.0 Å². The molecule has 0 bridgehead atoms. The van der Waals surface area contributed by atoms with Gasteiger partial charge in [-0.05, 0) is 12.8 Å². The van der Waals surface area contributed by atoms with E-state index in [2.05, 4.69) is 6.92 Å². The first kappa shape index (κ1) is 11.7. The Morgan fingerprint density at radius 3 is 2.62 bits per heavy atom. The smallest absolute Gasteiger partial charge is 0.346 e. The molecule has 0 saturated carbocycles. The van der Waals surface area contributed by atoms with Gasteiger partial charge < -0.3 is 5.11 Å². The Bertz CT molecular complexity index is 226. The molecule has 0 spiro atoms. The number of carboxylic acid groups (broad SMARTS) is 1. The molecule has 0 aromatic rings. The first-order valence-electron chi connectivity index (χ1n) is 4.56. The molecule has 0 rings (SSSR count). The maximum absolute atomic E-state index is 10.4. The summed E-state index contributed by atoms with van der Waals surface area (Å²) in [5, 5.41) is 16.9. The van der Waals surface area contributed by atoms with Crippen molar-refractivity contribution in [3.8, 4) is 6.07 Å². The summed E-state index contributed by atoms with van der Waals surface area (Å²) in [6.45, 7) is 2.12. The van der Waals surface area contributed by atoms with E-state index < -0.39 is 5.97 Å². The van der Waals surface area contributed by atoms with Crippen LogP contribution in [0.15, 0.2) is 11.6 Å². The molecule has 13 heavy (non-hydrogen) atoms. The summed E-state index contributed by atoms with van der Waals surface area (Å²) in [7, 11) is 0. The molecule has 72 valence electrons. The summed E-state index contributed by atoms with van der Waals surface area (Å²) in [6.07, 6.45) is 6.58. The van der Waals surface area contributed by atoms with Gasteiger partial charge in [0.2, 0.25) is 0 Å². The Balaban J connectivity index is 3.70. The van der Waals surface area contributed by atoms with Crippen LogP contribution in [0, 0.1) is 11.3 Å². The van der Waals surface area contributed by atoms with Crippen LogP contribution in [-0.4, -0.2) is 11.1 Å². The fraction of sp³-hybridized carbons (Fsp3) is 0.600. The largest absolute Gasteiger partial charge is 0.477 e. The summed E-state index contributed by atoms with van der Waals surface area (Å²) < 4.78 is 0. The number of nitriles is 1. The average Bonchev–Trinajstić information content (AvgIpc) is 2.10. The number of aliphatic carboxylic acids is 1. The van der Waals surface area contributed by atoms with Crippen LogP contribution in [-0.2, 0) is 4.79 Å². The van der Waals surface area contributed by atoms with E-state index in [0.717, 1.165) is 19.3 Å². The quantitative estimate of drug-likeness (QED) is 0.389. The minimum Gasteiger partial charge on any atom is -0.477 e. The zero-order chi connectivity index (χ0) is 10.1. The van der Waals surface area contributed by atoms with Gasteiger partial charge in [0.1, 0.15) is 11.6 Å². The number of carboxylic acids is 1. The van der Waals surface area contributed by atoms with Crippen LogP contribution in [0.25, 0.3) is 0 Å². The third-order valence-electron chi connectivity index (χ3n) is 1.76. The lowest BCUT2D eigenvalue weighted by molar-refractivity contribution is -0.132. The maximum atomic E-state index is 10.4. The van der Waals surface area contributed by atoms with Gasteiger partial charge in [-0.15, -0.1) is 0 Å². The summed E-state index contributed by atoms with van der Waals surface area (Å²) in [5.41, 5.74) is -0.142. The minimum absolute atomic E-state index is 0.142. The van der Waals surface area contributed by atoms with Crippen molar-refractivity contribution in [2.45, 2.75) is 39.0 Å². The van der Waals surface area contributed by atoms with Crippen LogP contribution in [0.3, 0.4) is 0 Å². The molecule has 3 nitrogen and oxygen atoms in total. The van der Waals surface area contributed by atoms with Crippen LogP contribution in [0.5, 0.6) is 0 Å². The van der Waals surface area contributed by atoms with E-state index in [1.807, 2.05) is 0 Å². The molecule has 0 aromatic heterocycles. The number of hydrogen-bond donors (Lipinski definition) is 1. The molecule has 0 fully saturated rings. The minimum atomic E-state index is -1.13. The van der Waals surface area contributed by atoms with Crippen molar-refractivity contribution in [1.82, 2.24) is 0 Å². The molecule has 0 aliphatic heterocycles. The third kappa shape index (κ3) is 5.92. The van der Waals surface area contributed by atoms with E-state index in [-0.39, 0.29) is 5.57 Å². The summed E-state index contributed by atoms with van der Waals surface area (Å²) in [4.78, 5) is 10.4. The highest BCUT2D eigenvalue weighted by molar-refractivity contribution is 5.90. The monoisotopic (exact) mass is 181 g/mol. The van der Waals surface area contributed by atoms with Crippen molar-refractivity contribution in [3.63, 3.8) is 0 Å². The van der Waals surface area contributed by atoms with Crippen molar-refractivity contribution in [2.75, 3.05) is 0 Å². The van der Waals surface area contributed by atoms with E-state index in [4.69, 9.17) is 10.4 Å². The molecule has 3 heteroatoms. The number of unbranched alkanes of at least 4 members (excludes halogenated alkanes) is 4. The van der Waals surface area contributed by atoms with Gasteiger partial charge in [0.05, 0.1) is 0 Å². The first-order valence-corrected chi connectivity index (χ1v) is 4.56. The third-order valence-corrected chi connectivity index (χ3v) is 1.76. The second-order valence-corrected chi connectivity index (χ2v) is 2.88. The molecule has 0 saturated heterocycles. The van der Waals surface area contributed by atoms with Crippen LogP contribution < -0.4 is 0 Å². The van der Waals surface area contributed by atoms with E-state index in [1.165, 1.54) is 12.5 Å². The Morgan fingerprint density at radius 1 is 1.46 bits per heavy atom. The molecule has 0 heterocycles. The van der Waals surface area contributed by atoms with Gasteiger partial charge in [0, 0.05) is 0 Å². The second kappa shape index (κ2) is 7.35. The highest BCUT2D eigenvalue weighted by Gasteiger charge is 2.03. The Kier molecular flexibility index (Phi) is 6.62. The summed E-state index contributed by atoms with van der Waals surface area (Å²) >= 11 is 0. The van der Waals surface area contributed by atoms with Crippen LogP contribution >= 0.6 is 0 Å². The molecule has 0 aromatic carbocycles. The zero-order valence-electron chi connectivity index (χ0n) is 7.92. The van der Waals surface area contributed by atoms with E-state index >= 15 is 0 Å². The SMILES string of the molecule is CCCCCCC=C(C#N)C(=O)O. The Hall–Kier alpha value is -1.30. The second-order valence-electron chi connectivity index (χ2n) is 2.88. The molecular formula is C10H15NO2. The molecule has 0 amide bonds. The molecule has 0 radical (unpaired) electrons. The molecule has 0 aliphatic carbocycles. The van der Waals surface area contributed by atoms with Crippen LogP contribution in [0.4, 0.5) is 0 Å². The topological polar surface area (TPSA) is 61.1 Å². The normalized spacial score (nSPS) is 10.9. The van der Waals surface area contributed by atoms with Gasteiger partial charge in [-0.3, -0.25) is 0 Å². The van der Waals surface area contributed by atoms with Crippen LogP contribution in [0.2, 0.25) is 0 Å². The van der Waals surface area contributed by atoms with E-state index in [9.17, 15) is 4.79 Å². The van der Waals surface area contributed by atoms with Crippen molar-refractivity contribution in [1.29, 1.82) is 5.26 Å². The fourth-order valence-electron chi connectivity index (χ4n) is 0.998. The highest BCUT2D eigenvalue weighted by atomic mass is 16.4. The van der Waals surface area contributed by atoms with Crippen molar-refractivity contribution >= 4 is 5.97 Å². The van der Waals surface area contributed by atoms with Crippen molar-refractivity contribution in [3.05, 3.63) is 11.6 Å².